The van der Waals surface area contributed by atoms with Crippen molar-refractivity contribution in [2.45, 2.75) is 64.5 Å². The van der Waals surface area contributed by atoms with Crippen molar-refractivity contribution in [3.63, 3.8) is 0 Å². The van der Waals surface area contributed by atoms with Crippen LogP contribution in [0.5, 0.6) is 0 Å². The molecule has 1 saturated carbocycles. The quantitative estimate of drug-likeness (QED) is 0.856. The van der Waals surface area contributed by atoms with Crippen molar-refractivity contribution >= 4 is 5.69 Å². The number of hydrogen-bond donors (Lipinski definition) is 1. The zero-order valence-electron chi connectivity index (χ0n) is 13.6. The van der Waals surface area contributed by atoms with Gasteiger partial charge in [-0.05, 0) is 63.1 Å². The highest BCUT2D eigenvalue weighted by Crippen LogP contribution is 2.40. The van der Waals surface area contributed by atoms with E-state index in [-0.39, 0.29) is 0 Å². The van der Waals surface area contributed by atoms with Gasteiger partial charge < -0.3 is 10.2 Å². The summed E-state index contributed by atoms with van der Waals surface area (Å²) in [5.41, 5.74) is 2.98. The van der Waals surface area contributed by atoms with E-state index in [1.807, 2.05) is 0 Å². The average Bonchev–Trinajstić information content (AvgIpc) is 3.01. The van der Waals surface area contributed by atoms with Gasteiger partial charge in [0, 0.05) is 24.3 Å². The second-order valence-corrected chi connectivity index (χ2v) is 6.83. The Labute approximate surface area is 129 Å². The van der Waals surface area contributed by atoms with E-state index < -0.39 is 0 Å². The lowest BCUT2D eigenvalue weighted by molar-refractivity contribution is 0.361. The van der Waals surface area contributed by atoms with Crippen LogP contribution >= 0.6 is 0 Å². The van der Waals surface area contributed by atoms with Gasteiger partial charge in [-0.2, -0.15) is 0 Å². The predicted molar refractivity (Wildman–Crippen MR) is 90.9 cm³/mol. The minimum absolute atomic E-state index is 0.447. The Morgan fingerprint density at radius 1 is 1.19 bits per heavy atom. The maximum atomic E-state index is 3.66. The highest BCUT2D eigenvalue weighted by Gasteiger charge is 2.35. The molecule has 2 nitrogen and oxygen atoms in total. The number of benzene rings is 1. The summed E-state index contributed by atoms with van der Waals surface area (Å²) in [6.07, 6.45) is 8.29. The first kappa shape index (κ1) is 14.9. The van der Waals surface area contributed by atoms with Crippen LogP contribution in [0.4, 0.5) is 5.69 Å². The second kappa shape index (κ2) is 6.83. The van der Waals surface area contributed by atoms with E-state index in [1.165, 1.54) is 56.3 Å². The molecule has 2 aliphatic rings. The number of rotatable bonds is 5. The molecule has 0 radical (unpaired) electrons. The molecule has 2 fully saturated rings. The molecule has 3 unspecified atom stereocenters. The van der Waals surface area contributed by atoms with Crippen LogP contribution in [-0.2, 0) is 0 Å². The molecule has 3 rings (SSSR count). The van der Waals surface area contributed by atoms with Gasteiger partial charge in [-0.25, -0.2) is 0 Å². The molecule has 1 aliphatic carbocycles. The van der Waals surface area contributed by atoms with Crippen molar-refractivity contribution in [1.29, 1.82) is 0 Å². The van der Waals surface area contributed by atoms with Crippen molar-refractivity contribution in [1.82, 2.24) is 5.32 Å². The number of para-hydroxylation sites is 1. The second-order valence-electron chi connectivity index (χ2n) is 6.83. The van der Waals surface area contributed by atoms with E-state index in [1.54, 1.807) is 0 Å². The maximum absolute atomic E-state index is 3.66. The van der Waals surface area contributed by atoms with Gasteiger partial charge in [0.25, 0.3) is 0 Å². The van der Waals surface area contributed by atoms with Gasteiger partial charge in [-0.3, -0.25) is 0 Å². The Morgan fingerprint density at radius 2 is 2.00 bits per heavy atom. The van der Waals surface area contributed by atoms with Crippen LogP contribution in [0.25, 0.3) is 0 Å². The lowest BCUT2D eigenvalue weighted by Gasteiger charge is -2.41. The fourth-order valence-electron chi connectivity index (χ4n) is 4.34. The van der Waals surface area contributed by atoms with Gasteiger partial charge >= 0.3 is 0 Å². The molecule has 1 aromatic rings. The van der Waals surface area contributed by atoms with E-state index >= 15 is 0 Å². The van der Waals surface area contributed by atoms with E-state index in [2.05, 4.69) is 48.3 Å². The topological polar surface area (TPSA) is 15.3 Å². The zero-order valence-corrected chi connectivity index (χ0v) is 13.6. The lowest BCUT2D eigenvalue weighted by atomic mass is 9.90. The van der Waals surface area contributed by atoms with Crippen LogP contribution in [0.15, 0.2) is 24.3 Å². The number of hydrogen-bond acceptors (Lipinski definition) is 2. The van der Waals surface area contributed by atoms with E-state index in [0.717, 1.165) is 18.5 Å². The molecule has 0 aromatic heterocycles. The van der Waals surface area contributed by atoms with Crippen molar-refractivity contribution in [3.05, 3.63) is 29.8 Å². The molecule has 1 aliphatic heterocycles. The molecule has 21 heavy (non-hydrogen) atoms. The monoisotopic (exact) mass is 286 g/mol. The summed E-state index contributed by atoms with van der Waals surface area (Å²) in [5.74, 6) is 0.950. The fourth-order valence-corrected chi connectivity index (χ4v) is 4.34. The van der Waals surface area contributed by atoms with Crippen molar-refractivity contribution in [2.75, 3.05) is 18.0 Å². The van der Waals surface area contributed by atoms with Crippen LogP contribution in [-0.4, -0.2) is 19.1 Å². The van der Waals surface area contributed by atoms with E-state index in [4.69, 9.17) is 0 Å². The molecule has 1 heterocycles. The Bertz CT molecular complexity index is 457. The molecule has 116 valence electrons. The largest absolute Gasteiger partial charge is 0.368 e. The van der Waals surface area contributed by atoms with Crippen molar-refractivity contribution < 1.29 is 0 Å². The van der Waals surface area contributed by atoms with Gasteiger partial charge in [0.1, 0.15) is 0 Å². The summed E-state index contributed by atoms with van der Waals surface area (Å²) in [4.78, 5) is 2.74. The van der Waals surface area contributed by atoms with Crippen LogP contribution in [0, 0.1) is 5.92 Å². The van der Waals surface area contributed by atoms with Crippen LogP contribution in [0.3, 0.4) is 0 Å². The molecule has 0 bridgehead atoms. The van der Waals surface area contributed by atoms with Gasteiger partial charge in [-0.1, -0.05) is 31.5 Å². The smallest absolute Gasteiger partial charge is 0.0417 e. The number of nitrogens with zero attached hydrogens (tertiary/aromatic N) is 1. The highest BCUT2D eigenvalue weighted by atomic mass is 15.2. The van der Waals surface area contributed by atoms with Gasteiger partial charge in [-0.15, -0.1) is 0 Å². The van der Waals surface area contributed by atoms with Crippen molar-refractivity contribution in [2.24, 2.45) is 5.92 Å². The number of nitrogens with one attached hydrogen (secondary N) is 1. The molecule has 0 amide bonds. The van der Waals surface area contributed by atoms with E-state index in [9.17, 15) is 0 Å². The first-order valence-corrected chi connectivity index (χ1v) is 8.90. The molecule has 1 aromatic carbocycles. The SMILES string of the molecule is CCCNC(C)c1ccccc1N1CCCC2CCCC21. The third-order valence-electron chi connectivity index (χ3n) is 5.41. The minimum atomic E-state index is 0.447. The molecule has 1 saturated heterocycles. The Morgan fingerprint density at radius 3 is 2.86 bits per heavy atom. The van der Waals surface area contributed by atoms with Crippen LogP contribution in [0.2, 0.25) is 0 Å². The normalized spacial score (nSPS) is 26.7. The molecule has 0 spiro atoms. The zero-order chi connectivity index (χ0) is 14.7. The minimum Gasteiger partial charge on any atom is -0.368 e. The molecule has 2 heteroatoms. The third-order valence-corrected chi connectivity index (χ3v) is 5.41. The van der Waals surface area contributed by atoms with Crippen LogP contribution in [0.1, 0.15) is 64.0 Å². The average molecular weight is 286 g/mol. The van der Waals surface area contributed by atoms with Gasteiger partial charge in [0.05, 0.1) is 0 Å². The number of anilines is 1. The van der Waals surface area contributed by atoms with Crippen LogP contribution < -0.4 is 10.2 Å². The molecule has 3 atom stereocenters. The Kier molecular flexibility index (Phi) is 4.84. The Hall–Kier alpha value is -1.02. The predicted octanol–water partition coefficient (Wildman–Crippen LogP) is 4.52. The molecule has 1 N–H and O–H groups in total. The van der Waals surface area contributed by atoms with Crippen molar-refractivity contribution in [3.8, 4) is 0 Å². The number of piperidine rings is 1. The first-order chi connectivity index (χ1) is 10.3. The summed E-state index contributed by atoms with van der Waals surface area (Å²) in [6, 6.07) is 10.3. The summed E-state index contributed by atoms with van der Waals surface area (Å²) in [6.45, 7) is 6.89. The standard InChI is InChI=1S/C19H30N2/c1-3-13-20-15(2)17-10-4-5-11-19(17)21-14-7-9-16-8-6-12-18(16)21/h4-5,10-11,15-16,18,20H,3,6-9,12-14H2,1-2H3. The van der Waals surface area contributed by atoms with Gasteiger partial charge in [0.15, 0.2) is 0 Å². The summed E-state index contributed by atoms with van der Waals surface area (Å²) in [5, 5.41) is 3.66. The Balaban J connectivity index is 1.84. The first-order valence-electron chi connectivity index (χ1n) is 8.90. The summed E-state index contributed by atoms with van der Waals surface area (Å²) >= 11 is 0. The number of fused-ring (bicyclic) bond motifs is 1. The maximum Gasteiger partial charge on any atom is 0.0417 e. The summed E-state index contributed by atoms with van der Waals surface area (Å²) < 4.78 is 0. The third kappa shape index (κ3) is 3.11. The van der Waals surface area contributed by atoms with Gasteiger partial charge in [0.2, 0.25) is 0 Å². The lowest BCUT2D eigenvalue weighted by Crippen LogP contribution is -2.43. The molecular weight excluding hydrogens is 256 g/mol. The highest BCUT2D eigenvalue weighted by molar-refractivity contribution is 5.56. The van der Waals surface area contributed by atoms with E-state index in [0.29, 0.717) is 6.04 Å². The molecular formula is C19H30N2. The summed E-state index contributed by atoms with van der Waals surface area (Å²) in [7, 11) is 0. The fraction of sp³-hybridized carbons (Fsp3) is 0.684.